The molecule has 2 N–H and O–H groups in total. The van der Waals surface area contributed by atoms with E-state index in [1.165, 1.54) is 15.6 Å². The lowest BCUT2D eigenvalue weighted by Gasteiger charge is -2.29. The first-order chi connectivity index (χ1) is 17.2. The first-order valence-corrected chi connectivity index (χ1v) is 11.6. The number of nitrogens with zero attached hydrogens (tertiary/aromatic N) is 7. The molecule has 0 amide bonds. The smallest absolute Gasteiger partial charge is 0.225 e. The Kier molecular flexibility index (Phi) is 5.55. The molecule has 11 nitrogen and oxygen atoms in total. The molecule has 0 aliphatic carbocycles. The largest absolute Gasteiger partial charge is 0.491 e. The summed E-state index contributed by atoms with van der Waals surface area (Å²) >= 11 is 0. The molecular formula is C24H26N8O3. The highest BCUT2D eigenvalue weighted by molar-refractivity contribution is 5.90. The van der Waals surface area contributed by atoms with Crippen LogP contribution in [0, 0.1) is 0 Å². The Balaban J connectivity index is 1.20. The van der Waals surface area contributed by atoms with Crippen LogP contribution in [0.4, 0.5) is 5.95 Å². The van der Waals surface area contributed by atoms with Crippen LogP contribution in [0.1, 0.15) is 11.1 Å². The van der Waals surface area contributed by atoms with Crippen molar-refractivity contribution < 1.29 is 13.9 Å². The van der Waals surface area contributed by atoms with Gasteiger partial charge in [-0.1, -0.05) is 12.1 Å². The average molecular weight is 475 g/mol. The molecule has 0 atom stereocenters. The normalized spacial score (nSPS) is 14.1. The fourth-order valence-electron chi connectivity index (χ4n) is 4.56. The van der Waals surface area contributed by atoms with Gasteiger partial charge in [-0.05, 0) is 35.7 Å². The third kappa shape index (κ3) is 3.98. The first-order valence-electron chi connectivity index (χ1n) is 11.6. The van der Waals surface area contributed by atoms with Crippen LogP contribution < -0.4 is 10.5 Å². The van der Waals surface area contributed by atoms with Gasteiger partial charge in [0.25, 0.3) is 0 Å². The van der Waals surface area contributed by atoms with E-state index in [-0.39, 0.29) is 5.95 Å². The van der Waals surface area contributed by atoms with Crippen LogP contribution in [0.25, 0.3) is 28.3 Å². The minimum absolute atomic E-state index is 0.257. The third-order valence-electron chi connectivity index (χ3n) is 6.31. The first kappa shape index (κ1) is 21.6. The molecule has 6 rings (SSSR count). The average Bonchev–Trinajstić information content (AvgIpc) is 3.62. The number of hydrogen-bond donors (Lipinski definition) is 1. The van der Waals surface area contributed by atoms with Gasteiger partial charge in [0.1, 0.15) is 12.4 Å². The van der Waals surface area contributed by atoms with Gasteiger partial charge in [-0.3, -0.25) is 4.90 Å². The molecule has 0 fully saturated rings. The van der Waals surface area contributed by atoms with Crippen molar-refractivity contribution in [3.8, 4) is 17.3 Å². The highest BCUT2D eigenvalue weighted by Crippen LogP contribution is 2.28. The Bertz CT molecular complexity index is 1470. The number of nitrogen functional groups attached to an aromatic ring is 1. The molecule has 0 unspecified atom stereocenters. The number of nitrogens with two attached hydrogens (primary N) is 1. The summed E-state index contributed by atoms with van der Waals surface area (Å²) in [5, 5.41) is 9.82. The van der Waals surface area contributed by atoms with Crippen molar-refractivity contribution in [3.05, 3.63) is 53.9 Å². The Morgan fingerprint density at radius 2 is 2.03 bits per heavy atom. The molecule has 1 aliphatic rings. The standard InChI is InChI=1S/C24H26N8O3/c1-33-12-13-35-19-5-2-4-16-15-30(8-7-17(16)19)9-10-31-22-18(14-26-31)23-27-21(20-6-3-11-34-20)29-32(23)24(25)28-22/h2-6,11,14H,7-10,12-13,15H2,1H3,(H2,25,28). The number of fused-ring (bicyclic) bond motifs is 4. The van der Waals surface area contributed by atoms with Crippen LogP contribution in [-0.4, -0.2) is 67.7 Å². The molecule has 0 spiro atoms. The van der Waals surface area contributed by atoms with Gasteiger partial charge in [0.15, 0.2) is 17.1 Å². The molecule has 35 heavy (non-hydrogen) atoms. The summed E-state index contributed by atoms with van der Waals surface area (Å²) in [6.07, 6.45) is 4.30. The zero-order valence-corrected chi connectivity index (χ0v) is 19.4. The molecule has 0 saturated carbocycles. The molecular weight excluding hydrogens is 448 g/mol. The number of ether oxygens (including phenoxy) is 2. The predicted molar refractivity (Wildman–Crippen MR) is 129 cm³/mol. The highest BCUT2D eigenvalue weighted by atomic mass is 16.5. The van der Waals surface area contributed by atoms with E-state index in [1.54, 1.807) is 25.6 Å². The highest BCUT2D eigenvalue weighted by Gasteiger charge is 2.21. The van der Waals surface area contributed by atoms with Crippen LogP contribution in [0.3, 0.4) is 0 Å². The second-order valence-corrected chi connectivity index (χ2v) is 8.48. The van der Waals surface area contributed by atoms with Gasteiger partial charge < -0.3 is 19.6 Å². The van der Waals surface area contributed by atoms with Crippen LogP contribution >= 0.6 is 0 Å². The monoisotopic (exact) mass is 474 g/mol. The molecule has 0 saturated heterocycles. The van der Waals surface area contributed by atoms with E-state index < -0.39 is 0 Å². The summed E-state index contributed by atoms with van der Waals surface area (Å²) in [5.41, 5.74) is 10.1. The molecule has 4 aromatic heterocycles. The summed E-state index contributed by atoms with van der Waals surface area (Å²) in [5.74, 6) is 2.25. The molecule has 1 aliphatic heterocycles. The maximum Gasteiger partial charge on any atom is 0.225 e. The number of hydrogen-bond acceptors (Lipinski definition) is 9. The number of benzene rings is 1. The van der Waals surface area contributed by atoms with E-state index in [2.05, 4.69) is 37.2 Å². The Hall–Kier alpha value is -3.96. The lowest BCUT2D eigenvalue weighted by atomic mass is 9.98. The van der Waals surface area contributed by atoms with E-state index >= 15 is 0 Å². The molecule has 0 bridgehead atoms. The van der Waals surface area contributed by atoms with Crippen molar-refractivity contribution in [1.82, 2.24) is 34.3 Å². The number of furan rings is 1. The predicted octanol–water partition coefficient (Wildman–Crippen LogP) is 2.40. The van der Waals surface area contributed by atoms with Crippen LogP contribution in [-0.2, 0) is 24.2 Å². The lowest BCUT2D eigenvalue weighted by molar-refractivity contribution is 0.145. The molecule has 180 valence electrons. The van der Waals surface area contributed by atoms with E-state index in [9.17, 15) is 0 Å². The van der Waals surface area contributed by atoms with Crippen molar-refractivity contribution in [2.24, 2.45) is 0 Å². The quantitative estimate of drug-likeness (QED) is 0.338. The molecule has 5 heterocycles. The molecule has 0 radical (unpaired) electrons. The van der Waals surface area contributed by atoms with Gasteiger partial charge >= 0.3 is 0 Å². The van der Waals surface area contributed by atoms with Gasteiger partial charge in [0.2, 0.25) is 11.8 Å². The Morgan fingerprint density at radius 3 is 2.89 bits per heavy atom. The second kappa shape index (κ2) is 9.01. The van der Waals surface area contributed by atoms with Crippen LogP contribution in [0.5, 0.6) is 5.75 Å². The van der Waals surface area contributed by atoms with Gasteiger partial charge in [0, 0.05) is 26.7 Å². The van der Waals surface area contributed by atoms with E-state index in [0.29, 0.717) is 42.6 Å². The number of anilines is 1. The number of aromatic nitrogens is 6. The Morgan fingerprint density at radius 1 is 1.09 bits per heavy atom. The fraction of sp³-hybridized carbons (Fsp3) is 0.333. The van der Waals surface area contributed by atoms with E-state index in [0.717, 1.165) is 37.2 Å². The van der Waals surface area contributed by atoms with Crippen LogP contribution in [0.2, 0.25) is 0 Å². The number of rotatable bonds is 8. The zero-order valence-electron chi connectivity index (χ0n) is 19.4. The lowest BCUT2D eigenvalue weighted by Crippen LogP contribution is -2.33. The Labute approximate surface area is 201 Å². The summed E-state index contributed by atoms with van der Waals surface area (Å²) in [7, 11) is 1.68. The van der Waals surface area contributed by atoms with Gasteiger partial charge in [-0.2, -0.15) is 14.6 Å². The summed E-state index contributed by atoms with van der Waals surface area (Å²) < 4.78 is 19.9. The number of methoxy groups -OCH3 is 1. The summed E-state index contributed by atoms with van der Waals surface area (Å²) in [4.78, 5) is 11.6. The van der Waals surface area contributed by atoms with E-state index in [4.69, 9.17) is 19.6 Å². The minimum Gasteiger partial charge on any atom is -0.491 e. The van der Waals surface area contributed by atoms with Crippen molar-refractivity contribution in [2.45, 2.75) is 19.5 Å². The van der Waals surface area contributed by atoms with Gasteiger partial charge in [-0.25, -0.2) is 9.67 Å². The molecule has 11 heteroatoms. The van der Waals surface area contributed by atoms with Crippen molar-refractivity contribution in [3.63, 3.8) is 0 Å². The van der Waals surface area contributed by atoms with E-state index in [1.807, 2.05) is 16.8 Å². The van der Waals surface area contributed by atoms with Crippen molar-refractivity contribution >= 4 is 22.6 Å². The van der Waals surface area contributed by atoms with Gasteiger partial charge in [0.05, 0.1) is 31.0 Å². The van der Waals surface area contributed by atoms with Crippen LogP contribution in [0.15, 0.2) is 47.2 Å². The summed E-state index contributed by atoms with van der Waals surface area (Å²) in [6, 6.07) is 9.88. The second-order valence-electron chi connectivity index (χ2n) is 8.48. The maximum absolute atomic E-state index is 6.21. The van der Waals surface area contributed by atoms with Gasteiger partial charge in [-0.15, -0.1) is 5.10 Å². The molecule has 1 aromatic carbocycles. The summed E-state index contributed by atoms with van der Waals surface area (Å²) in [6.45, 7) is 4.48. The maximum atomic E-state index is 6.21. The topological polar surface area (TPSA) is 122 Å². The molecule has 5 aromatic rings. The van der Waals surface area contributed by atoms with Crippen molar-refractivity contribution in [1.29, 1.82) is 0 Å². The fourth-order valence-corrected chi connectivity index (χ4v) is 4.56. The van der Waals surface area contributed by atoms with Crippen molar-refractivity contribution in [2.75, 3.05) is 39.1 Å². The third-order valence-corrected chi connectivity index (χ3v) is 6.31. The SMILES string of the molecule is COCCOc1cccc2c1CCN(CCn1ncc3c1nc(N)n1nc(-c4ccco4)nc31)C2. The minimum atomic E-state index is 0.257. The zero-order chi connectivity index (χ0) is 23.8.